The largest absolute Gasteiger partial charge is 0.491 e. The van der Waals surface area contributed by atoms with Gasteiger partial charge in [0.25, 0.3) is 5.91 Å². The van der Waals surface area contributed by atoms with Crippen molar-refractivity contribution >= 4 is 38.9 Å². The van der Waals surface area contributed by atoms with Crippen molar-refractivity contribution < 1.29 is 19.4 Å². The first-order valence-electron chi connectivity index (χ1n) is 11.6. The molecular formula is C27H25BrN4O4. The number of imide groups is 1. The summed E-state index contributed by atoms with van der Waals surface area (Å²) < 4.78 is 6.30. The van der Waals surface area contributed by atoms with E-state index >= 15 is 0 Å². The van der Waals surface area contributed by atoms with Crippen LogP contribution in [0.5, 0.6) is 5.75 Å². The minimum Gasteiger partial charge on any atom is -0.491 e. The summed E-state index contributed by atoms with van der Waals surface area (Å²) in [7, 11) is 0. The van der Waals surface area contributed by atoms with Crippen LogP contribution >= 0.6 is 15.9 Å². The van der Waals surface area contributed by atoms with Gasteiger partial charge in [0.1, 0.15) is 30.3 Å². The van der Waals surface area contributed by atoms with Crippen molar-refractivity contribution in [3.8, 4) is 5.75 Å². The number of aliphatic hydroxyl groups excluding tert-OH is 1. The van der Waals surface area contributed by atoms with Gasteiger partial charge in [-0.1, -0.05) is 65.3 Å². The minimum atomic E-state index is -0.826. The third kappa shape index (κ3) is 4.59. The highest BCUT2D eigenvalue weighted by Crippen LogP contribution is 2.39. The Hall–Kier alpha value is -3.69. The number of halogens is 1. The molecule has 2 heterocycles. The van der Waals surface area contributed by atoms with E-state index in [1.165, 1.54) is 4.90 Å². The number of amides is 3. The van der Waals surface area contributed by atoms with Gasteiger partial charge in [0.05, 0.1) is 17.6 Å². The van der Waals surface area contributed by atoms with Gasteiger partial charge >= 0.3 is 6.03 Å². The van der Waals surface area contributed by atoms with Gasteiger partial charge in [-0.3, -0.25) is 9.69 Å². The molecule has 3 atom stereocenters. The standard InChI is InChI=1S/C27H25BrN4O4/c1-16(17-5-3-2-4-6-17)24(25-29-21-12-9-19(28)15-22(21)30-25)32-26(34)23(31-27(32)35)18-7-10-20(11-8-18)36-14-13-33/h2-12,15-16,23-24,33H,13-14H2,1H3,(H,29,30)(H,31,35)/t16-,23+,24?/m0/s1. The lowest BCUT2D eigenvalue weighted by molar-refractivity contribution is -0.129. The quantitative estimate of drug-likeness (QED) is 0.273. The second kappa shape index (κ2) is 10.1. The number of aliphatic hydroxyl groups is 1. The molecule has 1 aliphatic rings. The van der Waals surface area contributed by atoms with E-state index in [-0.39, 0.29) is 25.0 Å². The zero-order valence-electron chi connectivity index (χ0n) is 19.5. The number of nitrogens with one attached hydrogen (secondary N) is 2. The minimum absolute atomic E-state index is 0.0897. The van der Waals surface area contributed by atoms with Gasteiger partial charge in [0.15, 0.2) is 0 Å². The molecular weight excluding hydrogens is 524 g/mol. The Balaban J connectivity index is 1.51. The van der Waals surface area contributed by atoms with E-state index in [2.05, 4.69) is 26.2 Å². The van der Waals surface area contributed by atoms with E-state index in [0.29, 0.717) is 17.1 Å². The Kier molecular flexibility index (Phi) is 6.75. The van der Waals surface area contributed by atoms with E-state index in [1.54, 1.807) is 24.3 Å². The van der Waals surface area contributed by atoms with Gasteiger partial charge in [-0.15, -0.1) is 0 Å². The highest BCUT2D eigenvalue weighted by atomic mass is 79.9. The number of nitrogens with zero attached hydrogens (tertiary/aromatic N) is 2. The summed E-state index contributed by atoms with van der Waals surface area (Å²) in [4.78, 5) is 36.4. The van der Waals surface area contributed by atoms with Crippen LogP contribution in [0.15, 0.2) is 77.3 Å². The number of carbonyl (C=O) groups is 2. The lowest BCUT2D eigenvalue weighted by Crippen LogP contribution is -2.38. The molecule has 1 aromatic heterocycles. The van der Waals surface area contributed by atoms with Gasteiger partial charge in [-0.25, -0.2) is 9.78 Å². The first-order chi connectivity index (χ1) is 17.5. The van der Waals surface area contributed by atoms with Crippen molar-refractivity contribution in [2.24, 2.45) is 0 Å². The number of benzene rings is 3. The number of fused-ring (bicyclic) bond motifs is 1. The maximum absolute atomic E-state index is 13.7. The Labute approximate surface area is 216 Å². The predicted molar refractivity (Wildman–Crippen MR) is 139 cm³/mol. The van der Waals surface area contributed by atoms with Crippen molar-refractivity contribution in [2.75, 3.05) is 13.2 Å². The third-order valence-electron chi connectivity index (χ3n) is 6.37. The average molecular weight is 549 g/mol. The number of hydrogen-bond acceptors (Lipinski definition) is 5. The van der Waals surface area contributed by atoms with Crippen molar-refractivity contribution in [2.45, 2.75) is 24.9 Å². The molecule has 1 saturated heterocycles. The van der Waals surface area contributed by atoms with Crippen LogP contribution in [-0.2, 0) is 4.79 Å². The Bertz CT molecular complexity index is 1390. The fourth-order valence-corrected chi connectivity index (χ4v) is 4.91. The summed E-state index contributed by atoms with van der Waals surface area (Å²) in [6, 6.07) is 20.5. The molecule has 0 aliphatic carbocycles. The number of hydrogen-bond donors (Lipinski definition) is 3. The summed E-state index contributed by atoms with van der Waals surface area (Å²) in [5.74, 6) is 0.540. The van der Waals surface area contributed by atoms with Crippen molar-refractivity contribution in [3.05, 3.63) is 94.2 Å². The van der Waals surface area contributed by atoms with Crippen molar-refractivity contribution in [1.82, 2.24) is 20.2 Å². The Morgan fingerprint density at radius 1 is 1.08 bits per heavy atom. The van der Waals surface area contributed by atoms with Crippen LogP contribution in [0.25, 0.3) is 11.0 Å². The second-order valence-electron chi connectivity index (χ2n) is 8.66. The van der Waals surface area contributed by atoms with Crippen molar-refractivity contribution in [3.63, 3.8) is 0 Å². The molecule has 9 heteroatoms. The topological polar surface area (TPSA) is 108 Å². The maximum Gasteiger partial charge on any atom is 0.325 e. The summed E-state index contributed by atoms with van der Waals surface area (Å²) in [5, 5.41) is 11.8. The predicted octanol–water partition coefficient (Wildman–Crippen LogP) is 4.83. The van der Waals surface area contributed by atoms with Gasteiger partial charge < -0.3 is 20.1 Å². The Morgan fingerprint density at radius 2 is 1.83 bits per heavy atom. The smallest absolute Gasteiger partial charge is 0.325 e. The van der Waals surface area contributed by atoms with E-state index in [1.807, 2.05) is 55.5 Å². The van der Waals surface area contributed by atoms with Crippen LogP contribution < -0.4 is 10.1 Å². The highest BCUT2D eigenvalue weighted by molar-refractivity contribution is 9.10. The van der Waals surface area contributed by atoms with Crippen LogP contribution in [-0.4, -0.2) is 45.1 Å². The molecule has 1 unspecified atom stereocenters. The SMILES string of the molecule is C[C@@H](c1ccccc1)C(c1nc2cc(Br)ccc2[nH]1)N1C(=O)N[C@H](c2ccc(OCCO)cc2)C1=O. The molecule has 3 N–H and O–H groups in total. The van der Waals surface area contributed by atoms with Crippen LogP contribution in [0.1, 0.15) is 41.9 Å². The summed E-state index contributed by atoms with van der Waals surface area (Å²) in [6.45, 7) is 2.08. The summed E-state index contributed by atoms with van der Waals surface area (Å²) >= 11 is 3.48. The fraction of sp³-hybridized carbons (Fsp3) is 0.222. The summed E-state index contributed by atoms with van der Waals surface area (Å²) in [6.07, 6.45) is 0. The molecule has 4 aromatic rings. The van der Waals surface area contributed by atoms with Gasteiger partial charge in [-0.05, 0) is 41.5 Å². The first kappa shape index (κ1) is 24.0. The molecule has 3 amide bonds. The van der Waals surface area contributed by atoms with E-state index in [4.69, 9.17) is 14.8 Å². The van der Waals surface area contributed by atoms with Gasteiger partial charge in [0, 0.05) is 10.4 Å². The molecule has 8 nitrogen and oxygen atoms in total. The molecule has 0 saturated carbocycles. The number of aromatic nitrogens is 2. The third-order valence-corrected chi connectivity index (χ3v) is 6.86. The average Bonchev–Trinajstić information content (AvgIpc) is 3.44. The van der Waals surface area contributed by atoms with Crippen LogP contribution in [0, 0.1) is 0 Å². The number of carbonyl (C=O) groups excluding carboxylic acids is 2. The lowest BCUT2D eigenvalue weighted by atomic mass is 9.91. The number of H-pyrrole nitrogens is 1. The molecule has 36 heavy (non-hydrogen) atoms. The molecule has 1 aliphatic heterocycles. The zero-order valence-corrected chi connectivity index (χ0v) is 21.1. The molecule has 0 spiro atoms. The Morgan fingerprint density at radius 3 is 2.56 bits per heavy atom. The van der Waals surface area contributed by atoms with Crippen LogP contribution in [0.2, 0.25) is 0 Å². The second-order valence-corrected chi connectivity index (χ2v) is 9.58. The molecule has 3 aromatic carbocycles. The zero-order chi connectivity index (χ0) is 25.2. The number of aromatic amines is 1. The summed E-state index contributed by atoms with van der Waals surface area (Å²) in [5.41, 5.74) is 3.19. The van der Waals surface area contributed by atoms with Gasteiger partial charge in [-0.2, -0.15) is 0 Å². The molecule has 0 bridgehead atoms. The molecule has 184 valence electrons. The van der Waals surface area contributed by atoms with Crippen LogP contribution in [0.4, 0.5) is 4.79 Å². The molecule has 0 radical (unpaired) electrons. The number of ether oxygens (including phenoxy) is 1. The van der Waals surface area contributed by atoms with Crippen molar-refractivity contribution in [1.29, 1.82) is 0 Å². The monoisotopic (exact) mass is 548 g/mol. The number of urea groups is 1. The van der Waals surface area contributed by atoms with E-state index in [0.717, 1.165) is 21.1 Å². The number of imidazole rings is 1. The van der Waals surface area contributed by atoms with E-state index < -0.39 is 18.1 Å². The lowest BCUT2D eigenvalue weighted by Gasteiger charge is -2.29. The molecule has 5 rings (SSSR count). The normalized spacial score (nSPS) is 17.3. The van der Waals surface area contributed by atoms with Gasteiger partial charge in [0.2, 0.25) is 0 Å². The maximum atomic E-state index is 13.7. The van der Waals surface area contributed by atoms with E-state index in [9.17, 15) is 9.59 Å². The first-order valence-corrected chi connectivity index (χ1v) is 12.4. The van der Waals surface area contributed by atoms with Crippen LogP contribution in [0.3, 0.4) is 0 Å². The fourth-order valence-electron chi connectivity index (χ4n) is 4.56. The molecule has 1 fully saturated rings. The highest BCUT2D eigenvalue weighted by Gasteiger charge is 2.46. The number of rotatable bonds is 8.